The van der Waals surface area contributed by atoms with Crippen molar-refractivity contribution in [1.29, 1.82) is 0 Å². The van der Waals surface area contributed by atoms with Crippen LogP contribution in [0.1, 0.15) is 312 Å². The number of rotatable bonds is 18. The van der Waals surface area contributed by atoms with E-state index >= 15 is 0 Å². The quantitative estimate of drug-likeness (QED) is 0.0759. The van der Waals surface area contributed by atoms with Crippen LogP contribution in [0.2, 0.25) is 0 Å². The molecule has 0 spiro atoms. The Labute approximate surface area is 591 Å². The van der Waals surface area contributed by atoms with E-state index < -0.39 is 0 Å². The van der Waals surface area contributed by atoms with E-state index in [1.54, 1.807) is 0 Å². The molecular weight excluding hydrogens is 1260 g/mol. The van der Waals surface area contributed by atoms with Crippen LogP contribution < -0.4 is 0 Å². The Kier molecular flexibility index (Phi) is 39.9. The molecule has 0 saturated heterocycles. The van der Waals surface area contributed by atoms with E-state index in [-0.39, 0.29) is 53.1 Å². The smallest absolute Gasteiger partial charge is 0.309 e. The standard InChI is InChI=1S/C19H35O2P.C18H33O2P.2C15H27O2P.C14H27P/c1-14-4-6-15(7-5-14)16-8-10-17(11-9-16)18(20)21-12-19(2,3)13-22;1-13-3-5-15(6-4-13)16-7-9-17(10-8-16)18(19)20-11-14(2)12-21;1-11-2-4-12(5-3-11)13-6-8-14(9-7-13)15(16)17-10-18;1-11-2-4-12(5-3-11)13-6-8-14(9-7-13)17-15(16)10-18;1-11-2-6-13(7-3-11)14-8-4-12(10-15)5-9-14/h14-17H,4-13,22H2,1-3H3;13-17H,3-12,21H2,1-2H3;2*11-14H,2-10,18H2,1H3;11-14H,2-10,15H2,1H3/t;13?,14-,15?,16?,17?;;;/m.0.../s1. The van der Waals surface area contributed by atoms with Gasteiger partial charge in [-0.25, -0.2) is 0 Å². The van der Waals surface area contributed by atoms with Crippen molar-refractivity contribution in [2.24, 2.45) is 124 Å². The summed E-state index contributed by atoms with van der Waals surface area (Å²) in [5, 5.41) is 0. The first-order valence-corrected chi connectivity index (χ1v) is 44.5. The maximum Gasteiger partial charge on any atom is 0.309 e. The topological polar surface area (TPSA) is 105 Å². The van der Waals surface area contributed by atoms with Gasteiger partial charge in [0.25, 0.3) is 0 Å². The van der Waals surface area contributed by atoms with E-state index in [1.165, 1.54) is 212 Å². The fourth-order valence-corrected chi connectivity index (χ4v) is 20.1. The maximum atomic E-state index is 12.3. The molecule has 0 amide bonds. The van der Waals surface area contributed by atoms with Crippen molar-refractivity contribution in [2.45, 2.75) is 318 Å². The molecule has 0 aromatic carbocycles. The Morgan fingerprint density at radius 3 is 0.894 bits per heavy atom. The summed E-state index contributed by atoms with van der Waals surface area (Å²) in [4.78, 5) is 47.3. The lowest BCUT2D eigenvalue weighted by atomic mass is 9.69. The molecule has 10 rings (SSSR count). The summed E-state index contributed by atoms with van der Waals surface area (Å²) in [6.45, 7) is 19.5. The summed E-state index contributed by atoms with van der Waals surface area (Å²) in [5.74, 6) is 16.4. The predicted molar refractivity (Wildman–Crippen MR) is 413 cm³/mol. The van der Waals surface area contributed by atoms with E-state index in [9.17, 15) is 19.2 Å². The summed E-state index contributed by atoms with van der Waals surface area (Å²) < 4.78 is 21.6. The molecule has 10 saturated carbocycles. The predicted octanol–water partition coefficient (Wildman–Crippen LogP) is 22.0. The maximum absolute atomic E-state index is 12.3. The summed E-state index contributed by atoms with van der Waals surface area (Å²) in [6, 6.07) is 0. The Hall–Kier alpha value is 0.0300. The summed E-state index contributed by atoms with van der Waals surface area (Å²) in [6.07, 6.45) is 57.9. The van der Waals surface area contributed by atoms with Gasteiger partial charge in [0.1, 0.15) is 12.5 Å². The number of hydrogen-bond donors (Lipinski definition) is 0. The minimum absolute atomic E-state index is 0.0284. The third-order valence-electron chi connectivity index (χ3n) is 26.7. The van der Waals surface area contributed by atoms with Crippen molar-refractivity contribution in [2.75, 3.05) is 44.2 Å². The molecule has 0 radical (unpaired) electrons. The molecule has 6 atom stereocenters. The first kappa shape index (κ1) is 83.0. The minimum Gasteiger partial charge on any atom is -0.465 e. The normalized spacial score (nSPS) is 36.8. The highest BCUT2D eigenvalue weighted by atomic mass is 31.0. The van der Waals surface area contributed by atoms with Gasteiger partial charge in [-0.2, -0.15) is 0 Å². The van der Waals surface area contributed by atoms with Crippen LogP contribution in [-0.4, -0.2) is 74.2 Å². The van der Waals surface area contributed by atoms with Crippen molar-refractivity contribution in [3.8, 4) is 0 Å². The van der Waals surface area contributed by atoms with Gasteiger partial charge >= 0.3 is 23.9 Å². The third-order valence-corrected chi connectivity index (χ3v) is 29.7. The second kappa shape index (κ2) is 45.2. The highest BCUT2D eigenvalue weighted by Crippen LogP contribution is 2.47. The lowest BCUT2D eigenvalue weighted by molar-refractivity contribution is -0.153. The Morgan fingerprint density at radius 2 is 0.628 bits per heavy atom. The van der Waals surface area contributed by atoms with Crippen LogP contribution >= 0.6 is 46.2 Å². The Balaban J connectivity index is 0.000000187. The fourth-order valence-electron chi connectivity index (χ4n) is 19.1. The van der Waals surface area contributed by atoms with Gasteiger partial charge in [-0.3, -0.25) is 19.2 Å². The van der Waals surface area contributed by atoms with Crippen LogP contribution in [0.25, 0.3) is 0 Å². The second-order valence-corrected chi connectivity index (χ2v) is 36.9. The Morgan fingerprint density at radius 1 is 0.362 bits per heavy atom. The highest BCUT2D eigenvalue weighted by molar-refractivity contribution is 7.18. The SMILES string of the molecule is CC1CCC(C2CCC(C(=O)OCC(C)(C)CP)CC2)CC1.CC1CCC(C2CCC(C(=O)OCP)CC2)CC1.CC1CCC(C2CCC(C(=O)OC[C@H](C)CP)CC2)CC1.CC1CCC(C2CCC(CP)CC2)CC1.CC1CCC(C2CCC(OC(=O)CP)CC2)CC1. The van der Waals surface area contributed by atoms with Crippen molar-refractivity contribution >= 4 is 70.1 Å². The molecule has 10 fully saturated rings. The average molecular weight is 1410 g/mol. The van der Waals surface area contributed by atoms with Gasteiger partial charge in [-0.1, -0.05) is 129 Å². The van der Waals surface area contributed by atoms with Crippen LogP contribution in [0.3, 0.4) is 0 Å². The Bertz CT molecular complexity index is 2030. The number of carbonyl (C=O) groups excluding carboxylic acids is 4. The molecule has 546 valence electrons. The van der Waals surface area contributed by atoms with Gasteiger partial charge in [0.05, 0.1) is 37.1 Å². The first-order valence-electron chi connectivity index (χ1n) is 40.4. The molecule has 0 N–H and O–H groups in total. The molecular formula is C81H149O8P5. The largest absolute Gasteiger partial charge is 0.465 e. The molecule has 8 nitrogen and oxygen atoms in total. The van der Waals surface area contributed by atoms with Gasteiger partial charge in [-0.05, 0) is 312 Å². The van der Waals surface area contributed by atoms with E-state index in [0.29, 0.717) is 31.6 Å². The van der Waals surface area contributed by atoms with Crippen molar-refractivity contribution in [1.82, 2.24) is 0 Å². The van der Waals surface area contributed by atoms with Gasteiger partial charge in [0.2, 0.25) is 0 Å². The second-order valence-electron chi connectivity index (χ2n) is 34.8. The molecule has 0 bridgehead atoms. The summed E-state index contributed by atoms with van der Waals surface area (Å²) in [5.41, 5.74) is 0.0797. The van der Waals surface area contributed by atoms with Crippen LogP contribution in [0.15, 0.2) is 0 Å². The lowest BCUT2D eigenvalue weighted by Crippen LogP contribution is -2.31. The van der Waals surface area contributed by atoms with Gasteiger partial charge in [0.15, 0.2) is 0 Å². The molecule has 0 heterocycles. The minimum atomic E-state index is -0.0602. The van der Waals surface area contributed by atoms with Crippen LogP contribution in [0.4, 0.5) is 0 Å². The number of hydrogen-bond acceptors (Lipinski definition) is 8. The molecule has 13 heteroatoms. The molecule has 10 aliphatic rings. The third kappa shape index (κ3) is 30.2. The van der Waals surface area contributed by atoms with E-state index in [1.807, 2.05) is 0 Å². The molecule has 0 aromatic rings. The van der Waals surface area contributed by atoms with Crippen molar-refractivity contribution in [3.63, 3.8) is 0 Å². The van der Waals surface area contributed by atoms with E-state index in [0.717, 1.165) is 158 Å². The zero-order valence-electron chi connectivity index (χ0n) is 62.0. The zero-order chi connectivity index (χ0) is 68.0. The van der Waals surface area contributed by atoms with Gasteiger partial charge < -0.3 is 18.9 Å². The monoisotopic (exact) mass is 1400 g/mol. The molecule has 94 heavy (non-hydrogen) atoms. The summed E-state index contributed by atoms with van der Waals surface area (Å²) >= 11 is 0. The van der Waals surface area contributed by atoms with Crippen LogP contribution in [-0.2, 0) is 38.1 Å². The number of esters is 4. The van der Waals surface area contributed by atoms with Crippen molar-refractivity contribution < 1.29 is 38.1 Å². The van der Waals surface area contributed by atoms with E-state index in [4.69, 9.17) is 18.9 Å². The molecule has 5 unspecified atom stereocenters. The molecule has 0 aliphatic heterocycles. The van der Waals surface area contributed by atoms with Gasteiger partial charge in [-0.15, -0.1) is 37.0 Å². The number of carbonyl (C=O) groups is 4. The van der Waals surface area contributed by atoms with Gasteiger partial charge in [0, 0.05) is 5.41 Å². The highest BCUT2D eigenvalue weighted by Gasteiger charge is 2.38. The zero-order valence-corrected chi connectivity index (χ0v) is 67.8. The van der Waals surface area contributed by atoms with Crippen LogP contribution in [0, 0.1) is 124 Å². The molecule has 0 aromatic heterocycles. The summed E-state index contributed by atoms with van der Waals surface area (Å²) in [7, 11) is 13.3. The molecule has 10 aliphatic carbocycles. The van der Waals surface area contributed by atoms with Crippen molar-refractivity contribution in [3.05, 3.63) is 0 Å². The lowest BCUT2D eigenvalue weighted by Gasteiger charge is -2.37. The fraction of sp³-hybridized carbons (Fsp3) is 0.951. The number of ether oxygens (including phenoxy) is 4. The first-order chi connectivity index (χ1) is 45.2. The van der Waals surface area contributed by atoms with E-state index in [2.05, 4.69) is 102 Å². The average Bonchev–Trinajstić information content (AvgIpc) is 3.20. The van der Waals surface area contributed by atoms with Crippen LogP contribution in [0.5, 0.6) is 0 Å².